The standard InChI is InChI=1S/C31H44ClN3O5/c1-7-8-9-10-11-18-35(29(38)25(20-36)33-30(39)40-31(4,5)6)27(23-16-12-14-21(2)19-23)28(37)34-26-22(3)15-13-17-24(26)32/h12-17,19,25,27,36H,7-11,18,20H2,1-6H3,(H,33,39)(H,34,37). The molecule has 40 heavy (non-hydrogen) atoms. The Morgan fingerprint density at radius 3 is 2.30 bits per heavy atom. The molecule has 3 N–H and O–H groups in total. The molecule has 0 heterocycles. The Morgan fingerprint density at radius 2 is 1.70 bits per heavy atom. The second-order valence-electron chi connectivity index (χ2n) is 11.1. The molecule has 2 rings (SSSR count). The first-order valence-electron chi connectivity index (χ1n) is 13.9. The van der Waals surface area contributed by atoms with Gasteiger partial charge < -0.3 is 25.4 Å². The molecule has 0 aliphatic carbocycles. The average Bonchev–Trinajstić information content (AvgIpc) is 2.87. The first kappa shape index (κ1) is 33.1. The number of ether oxygens (including phenoxy) is 1. The lowest BCUT2D eigenvalue weighted by Crippen LogP contribution is -2.54. The molecule has 0 aliphatic heterocycles. The zero-order chi connectivity index (χ0) is 29.9. The highest BCUT2D eigenvalue weighted by molar-refractivity contribution is 6.34. The van der Waals surface area contributed by atoms with E-state index in [-0.39, 0.29) is 6.54 Å². The van der Waals surface area contributed by atoms with E-state index in [2.05, 4.69) is 17.6 Å². The summed E-state index contributed by atoms with van der Waals surface area (Å²) in [5.74, 6) is -1.03. The number of unbranched alkanes of at least 4 members (excludes halogenated alkanes) is 4. The molecule has 0 aromatic heterocycles. The number of halogens is 1. The number of aryl methyl sites for hydroxylation is 2. The first-order chi connectivity index (χ1) is 18.9. The third kappa shape index (κ3) is 10.1. The zero-order valence-electron chi connectivity index (χ0n) is 24.6. The van der Waals surface area contributed by atoms with Crippen LogP contribution in [-0.2, 0) is 14.3 Å². The fourth-order valence-corrected chi connectivity index (χ4v) is 4.65. The minimum Gasteiger partial charge on any atom is -0.444 e. The molecule has 9 heteroatoms. The summed E-state index contributed by atoms with van der Waals surface area (Å²) in [6, 6.07) is 10.4. The largest absolute Gasteiger partial charge is 0.444 e. The molecule has 8 nitrogen and oxygen atoms in total. The van der Waals surface area contributed by atoms with Crippen molar-refractivity contribution < 1.29 is 24.2 Å². The SMILES string of the molecule is CCCCCCCN(C(=O)C(CO)NC(=O)OC(C)(C)C)C(C(=O)Nc1c(C)cccc1Cl)c1cccc(C)c1. The maximum atomic E-state index is 14.0. The number of carbonyl (C=O) groups excluding carboxylic acids is 3. The van der Waals surface area contributed by atoms with E-state index in [1.807, 2.05) is 38.1 Å². The molecule has 0 aliphatic rings. The number of aliphatic hydroxyl groups is 1. The number of hydrogen-bond acceptors (Lipinski definition) is 5. The van der Waals surface area contributed by atoms with E-state index in [1.54, 1.807) is 39.0 Å². The number of nitrogens with one attached hydrogen (secondary N) is 2. The molecule has 0 radical (unpaired) electrons. The zero-order valence-corrected chi connectivity index (χ0v) is 25.3. The second kappa shape index (κ2) is 15.6. The molecule has 0 fully saturated rings. The fourth-order valence-electron chi connectivity index (χ4n) is 4.38. The summed E-state index contributed by atoms with van der Waals surface area (Å²) >= 11 is 6.42. The molecule has 0 saturated heterocycles. The van der Waals surface area contributed by atoms with Gasteiger partial charge in [0.15, 0.2) is 0 Å². The third-order valence-electron chi connectivity index (χ3n) is 6.35. The van der Waals surface area contributed by atoms with Crippen molar-refractivity contribution in [3.63, 3.8) is 0 Å². The van der Waals surface area contributed by atoms with Crippen LogP contribution in [0.2, 0.25) is 5.02 Å². The van der Waals surface area contributed by atoms with Gasteiger partial charge in [-0.1, -0.05) is 86.2 Å². The Hall–Kier alpha value is -3.10. The van der Waals surface area contributed by atoms with E-state index < -0.39 is 42.2 Å². The van der Waals surface area contributed by atoms with E-state index in [4.69, 9.17) is 16.3 Å². The quantitative estimate of drug-likeness (QED) is 0.243. The van der Waals surface area contributed by atoms with Gasteiger partial charge in [0.2, 0.25) is 5.91 Å². The lowest BCUT2D eigenvalue weighted by atomic mass is 10.00. The molecule has 0 bridgehead atoms. The van der Waals surface area contributed by atoms with Crippen molar-refractivity contribution in [3.05, 3.63) is 64.2 Å². The van der Waals surface area contributed by atoms with Crippen LogP contribution in [0, 0.1) is 13.8 Å². The number of alkyl carbamates (subject to hydrolysis) is 1. The normalized spacial score (nSPS) is 12.8. The number of anilines is 1. The van der Waals surface area contributed by atoms with Crippen molar-refractivity contribution in [2.45, 2.75) is 91.3 Å². The van der Waals surface area contributed by atoms with Crippen LogP contribution >= 0.6 is 11.6 Å². The highest BCUT2D eigenvalue weighted by Crippen LogP contribution is 2.30. The van der Waals surface area contributed by atoms with Crippen molar-refractivity contribution in [2.75, 3.05) is 18.5 Å². The molecule has 2 atom stereocenters. The van der Waals surface area contributed by atoms with Gasteiger partial charge >= 0.3 is 6.09 Å². The Balaban J connectivity index is 2.50. The summed E-state index contributed by atoms with van der Waals surface area (Å²) in [6.45, 7) is 10.6. The highest BCUT2D eigenvalue weighted by atomic mass is 35.5. The summed E-state index contributed by atoms with van der Waals surface area (Å²) in [5.41, 5.74) is 1.99. The maximum absolute atomic E-state index is 14.0. The number of para-hydroxylation sites is 1. The summed E-state index contributed by atoms with van der Waals surface area (Å²) in [7, 11) is 0. The number of rotatable bonds is 13. The molecule has 3 amide bonds. The Kier molecular flexibility index (Phi) is 12.9. The van der Waals surface area contributed by atoms with Gasteiger partial charge in [0.25, 0.3) is 5.91 Å². The average molecular weight is 574 g/mol. The van der Waals surface area contributed by atoms with Gasteiger partial charge in [-0.2, -0.15) is 0 Å². The van der Waals surface area contributed by atoms with Gasteiger partial charge in [-0.05, 0) is 58.2 Å². The van der Waals surface area contributed by atoms with Crippen LogP contribution in [0.15, 0.2) is 42.5 Å². The number of nitrogens with zero attached hydrogens (tertiary/aromatic N) is 1. The molecule has 220 valence electrons. The highest BCUT2D eigenvalue weighted by Gasteiger charge is 2.36. The predicted octanol–water partition coefficient (Wildman–Crippen LogP) is 6.32. The van der Waals surface area contributed by atoms with Crippen molar-refractivity contribution in [1.29, 1.82) is 0 Å². The summed E-state index contributed by atoms with van der Waals surface area (Å²) in [4.78, 5) is 41.9. The van der Waals surface area contributed by atoms with E-state index in [0.29, 0.717) is 22.7 Å². The molecule has 2 aromatic carbocycles. The third-order valence-corrected chi connectivity index (χ3v) is 6.66. The van der Waals surface area contributed by atoms with Crippen molar-refractivity contribution in [3.8, 4) is 0 Å². The molecule has 2 unspecified atom stereocenters. The summed E-state index contributed by atoms with van der Waals surface area (Å²) in [6.07, 6.45) is 3.83. The van der Waals surface area contributed by atoms with Crippen molar-refractivity contribution in [2.24, 2.45) is 0 Å². The van der Waals surface area contributed by atoms with Gasteiger partial charge in [0.05, 0.1) is 17.3 Å². The minimum atomic E-state index is -1.30. The maximum Gasteiger partial charge on any atom is 0.408 e. The Labute approximate surface area is 243 Å². The van der Waals surface area contributed by atoms with Crippen molar-refractivity contribution >= 4 is 35.2 Å². The monoisotopic (exact) mass is 573 g/mol. The van der Waals surface area contributed by atoms with E-state index in [9.17, 15) is 19.5 Å². The van der Waals surface area contributed by atoms with Crippen LogP contribution in [0.4, 0.5) is 10.5 Å². The number of benzene rings is 2. The Morgan fingerprint density at radius 1 is 1.02 bits per heavy atom. The lowest BCUT2D eigenvalue weighted by molar-refractivity contribution is -0.141. The number of amides is 3. The molecule has 0 spiro atoms. The van der Waals surface area contributed by atoms with Gasteiger partial charge in [-0.3, -0.25) is 9.59 Å². The topological polar surface area (TPSA) is 108 Å². The first-order valence-corrected chi connectivity index (χ1v) is 14.3. The van der Waals surface area contributed by atoms with E-state index in [1.165, 1.54) is 4.90 Å². The van der Waals surface area contributed by atoms with Crippen LogP contribution < -0.4 is 10.6 Å². The molecule has 0 saturated carbocycles. The van der Waals surface area contributed by atoms with Gasteiger partial charge in [-0.25, -0.2) is 4.79 Å². The fraction of sp³-hybridized carbons (Fsp3) is 0.516. The minimum absolute atomic E-state index is 0.253. The van der Waals surface area contributed by atoms with E-state index >= 15 is 0 Å². The number of aliphatic hydroxyl groups excluding tert-OH is 1. The van der Waals surface area contributed by atoms with Gasteiger partial charge in [0, 0.05) is 6.54 Å². The van der Waals surface area contributed by atoms with Gasteiger partial charge in [-0.15, -0.1) is 0 Å². The summed E-state index contributed by atoms with van der Waals surface area (Å²) in [5, 5.41) is 15.9. The summed E-state index contributed by atoms with van der Waals surface area (Å²) < 4.78 is 5.31. The van der Waals surface area contributed by atoms with Crippen LogP contribution in [0.1, 0.15) is 82.5 Å². The van der Waals surface area contributed by atoms with Crippen LogP contribution in [0.25, 0.3) is 0 Å². The lowest BCUT2D eigenvalue weighted by Gasteiger charge is -2.34. The Bertz CT molecular complexity index is 1130. The smallest absolute Gasteiger partial charge is 0.408 e. The molecule has 2 aromatic rings. The predicted molar refractivity (Wildman–Crippen MR) is 159 cm³/mol. The van der Waals surface area contributed by atoms with Gasteiger partial charge in [0.1, 0.15) is 17.7 Å². The van der Waals surface area contributed by atoms with Crippen LogP contribution in [-0.4, -0.2) is 52.7 Å². The van der Waals surface area contributed by atoms with Crippen LogP contribution in [0.3, 0.4) is 0 Å². The number of carbonyl (C=O) groups is 3. The van der Waals surface area contributed by atoms with Crippen LogP contribution in [0.5, 0.6) is 0 Å². The molecular formula is C31H44ClN3O5. The van der Waals surface area contributed by atoms with E-state index in [0.717, 1.165) is 36.8 Å². The number of hydrogen-bond donors (Lipinski definition) is 3. The second-order valence-corrected chi connectivity index (χ2v) is 11.5. The van der Waals surface area contributed by atoms with Crippen molar-refractivity contribution in [1.82, 2.24) is 10.2 Å². The molecular weight excluding hydrogens is 530 g/mol.